The molecule has 6 heteroatoms. The third kappa shape index (κ3) is 1.98. The van der Waals surface area contributed by atoms with E-state index in [-0.39, 0.29) is 18.0 Å². The van der Waals surface area contributed by atoms with Gasteiger partial charge in [-0.05, 0) is 42.9 Å². The van der Waals surface area contributed by atoms with Crippen LogP contribution in [0.4, 0.5) is 0 Å². The molecule has 2 fully saturated rings. The van der Waals surface area contributed by atoms with E-state index in [1.807, 2.05) is 18.2 Å². The molecular formula is C14H17NO4S. The van der Waals surface area contributed by atoms with Crippen molar-refractivity contribution in [1.82, 2.24) is 4.31 Å². The summed E-state index contributed by atoms with van der Waals surface area (Å²) in [5.41, 5.74) is 1.14. The molecule has 0 radical (unpaired) electrons. The molecule has 0 amide bonds. The van der Waals surface area contributed by atoms with Gasteiger partial charge in [0.25, 0.3) is 0 Å². The highest BCUT2D eigenvalue weighted by Gasteiger charge is 2.42. The number of rotatable bonds is 3. The largest absolute Gasteiger partial charge is 0.454 e. The van der Waals surface area contributed by atoms with Gasteiger partial charge in [0.15, 0.2) is 11.5 Å². The summed E-state index contributed by atoms with van der Waals surface area (Å²) in [6.45, 7) is 1.50. The maximum Gasteiger partial charge on any atom is 0.231 e. The van der Waals surface area contributed by atoms with Gasteiger partial charge in [-0.2, -0.15) is 0 Å². The van der Waals surface area contributed by atoms with Gasteiger partial charge in [-0.1, -0.05) is 6.07 Å². The average Bonchev–Trinajstić information content (AvgIpc) is 3.02. The second kappa shape index (κ2) is 4.36. The molecule has 2 aliphatic heterocycles. The summed E-state index contributed by atoms with van der Waals surface area (Å²) in [5, 5.41) is -0.113. The minimum Gasteiger partial charge on any atom is -0.454 e. The van der Waals surface area contributed by atoms with Crippen LogP contribution in [0.2, 0.25) is 0 Å². The van der Waals surface area contributed by atoms with Crippen LogP contribution in [0.25, 0.3) is 0 Å². The van der Waals surface area contributed by atoms with Crippen molar-refractivity contribution in [1.29, 1.82) is 0 Å². The average molecular weight is 295 g/mol. The standard InChI is InChI=1S/C14H17NO4S/c16-20(17,12-2-3-12)15-6-5-11(8-15)10-1-4-13-14(7-10)19-9-18-13/h1,4,7,11-12H,2-3,5-6,8-9H2. The molecule has 5 nitrogen and oxygen atoms in total. The highest BCUT2D eigenvalue weighted by atomic mass is 32.2. The lowest BCUT2D eigenvalue weighted by atomic mass is 9.98. The van der Waals surface area contributed by atoms with Crippen LogP contribution >= 0.6 is 0 Å². The van der Waals surface area contributed by atoms with E-state index in [1.54, 1.807) is 4.31 Å². The van der Waals surface area contributed by atoms with Crippen molar-refractivity contribution >= 4 is 10.0 Å². The lowest BCUT2D eigenvalue weighted by Gasteiger charge is -2.16. The van der Waals surface area contributed by atoms with Crippen LogP contribution in [0.15, 0.2) is 18.2 Å². The molecule has 0 aromatic heterocycles. The predicted molar refractivity (Wildman–Crippen MR) is 73.4 cm³/mol. The molecule has 4 rings (SSSR count). The Morgan fingerprint density at radius 2 is 1.90 bits per heavy atom. The Labute approximate surface area is 118 Å². The summed E-state index contributed by atoms with van der Waals surface area (Å²) >= 11 is 0. The Kier molecular flexibility index (Phi) is 2.72. The van der Waals surface area contributed by atoms with Gasteiger partial charge in [-0.15, -0.1) is 0 Å². The third-order valence-electron chi connectivity index (χ3n) is 4.32. The number of nitrogens with zero attached hydrogens (tertiary/aromatic N) is 1. The van der Waals surface area contributed by atoms with Gasteiger partial charge < -0.3 is 9.47 Å². The fourth-order valence-corrected chi connectivity index (χ4v) is 4.88. The second-order valence-corrected chi connectivity index (χ2v) is 7.91. The Morgan fingerprint density at radius 1 is 1.10 bits per heavy atom. The van der Waals surface area contributed by atoms with E-state index in [1.165, 1.54) is 0 Å². The predicted octanol–water partition coefficient (Wildman–Crippen LogP) is 1.70. The van der Waals surface area contributed by atoms with Crippen LogP contribution in [0, 0.1) is 0 Å². The molecule has 1 aromatic carbocycles. The summed E-state index contributed by atoms with van der Waals surface area (Å²) < 4.78 is 36.8. The molecule has 0 bridgehead atoms. The van der Waals surface area contributed by atoms with Gasteiger partial charge in [-0.25, -0.2) is 12.7 Å². The number of hydrogen-bond donors (Lipinski definition) is 0. The smallest absolute Gasteiger partial charge is 0.231 e. The van der Waals surface area contributed by atoms with Crippen molar-refractivity contribution in [3.05, 3.63) is 23.8 Å². The zero-order chi connectivity index (χ0) is 13.7. The Hall–Kier alpha value is -1.27. The van der Waals surface area contributed by atoms with E-state index < -0.39 is 10.0 Å². The number of ether oxygens (including phenoxy) is 2. The van der Waals surface area contributed by atoms with Gasteiger partial charge in [0.05, 0.1) is 5.25 Å². The molecule has 2 heterocycles. The van der Waals surface area contributed by atoms with Crippen molar-refractivity contribution in [2.45, 2.75) is 30.4 Å². The van der Waals surface area contributed by atoms with Gasteiger partial charge in [0.1, 0.15) is 0 Å². The molecular weight excluding hydrogens is 278 g/mol. The number of hydrogen-bond acceptors (Lipinski definition) is 4. The fraction of sp³-hybridized carbons (Fsp3) is 0.571. The first kappa shape index (κ1) is 12.5. The lowest BCUT2D eigenvalue weighted by molar-refractivity contribution is 0.174. The van der Waals surface area contributed by atoms with E-state index in [0.717, 1.165) is 36.3 Å². The summed E-state index contributed by atoms with van der Waals surface area (Å²) in [5.74, 6) is 1.80. The van der Waals surface area contributed by atoms with E-state index in [9.17, 15) is 8.42 Å². The molecule has 1 atom stereocenters. The maximum atomic E-state index is 12.2. The zero-order valence-electron chi connectivity index (χ0n) is 11.1. The zero-order valence-corrected chi connectivity index (χ0v) is 11.9. The number of benzene rings is 1. The third-order valence-corrected chi connectivity index (χ3v) is 6.69. The van der Waals surface area contributed by atoms with Gasteiger partial charge >= 0.3 is 0 Å². The Morgan fingerprint density at radius 3 is 2.70 bits per heavy atom. The molecule has 1 aliphatic carbocycles. The number of fused-ring (bicyclic) bond motifs is 1. The van der Waals surface area contributed by atoms with Crippen LogP contribution in [0.5, 0.6) is 11.5 Å². The van der Waals surface area contributed by atoms with Crippen LogP contribution in [-0.2, 0) is 10.0 Å². The minimum absolute atomic E-state index is 0.113. The SMILES string of the molecule is O=S(=O)(C1CC1)N1CCC(c2ccc3c(c2)OCO3)C1. The molecule has 1 unspecified atom stereocenters. The molecule has 1 aromatic rings. The lowest BCUT2D eigenvalue weighted by Crippen LogP contribution is -2.31. The summed E-state index contributed by atoms with van der Waals surface area (Å²) in [4.78, 5) is 0. The normalized spacial score (nSPS) is 26.1. The minimum atomic E-state index is -3.04. The van der Waals surface area contributed by atoms with Crippen LogP contribution < -0.4 is 9.47 Å². The van der Waals surface area contributed by atoms with Gasteiger partial charge in [-0.3, -0.25) is 0 Å². The van der Waals surface area contributed by atoms with Crippen LogP contribution in [0.1, 0.15) is 30.7 Å². The van der Waals surface area contributed by atoms with E-state index in [0.29, 0.717) is 13.1 Å². The topological polar surface area (TPSA) is 55.8 Å². The monoisotopic (exact) mass is 295 g/mol. The first-order chi connectivity index (χ1) is 9.64. The molecule has 3 aliphatic rings. The van der Waals surface area contributed by atoms with Crippen molar-refractivity contribution in [2.75, 3.05) is 19.9 Å². The van der Waals surface area contributed by atoms with E-state index >= 15 is 0 Å². The Bertz CT molecular complexity index is 639. The Balaban J connectivity index is 1.53. The van der Waals surface area contributed by atoms with Gasteiger partial charge in [0.2, 0.25) is 16.8 Å². The molecule has 0 spiro atoms. The molecule has 1 saturated carbocycles. The highest BCUT2D eigenvalue weighted by Crippen LogP contribution is 2.39. The van der Waals surface area contributed by atoms with Crippen molar-refractivity contribution < 1.29 is 17.9 Å². The first-order valence-corrected chi connectivity index (χ1v) is 8.53. The quantitative estimate of drug-likeness (QED) is 0.851. The summed E-state index contributed by atoms with van der Waals surface area (Å²) in [6, 6.07) is 5.92. The van der Waals surface area contributed by atoms with Crippen LogP contribution in [-0.4, -0.2) is 37.9 Å². The number of sulfonamides is 1. The first-order valence-electron chi connectivity index (χ1n) is 7.03. The second-order valence-electron chi connectivity index (χ2n) is 5.70. The fourth-order valence-electron chi connectivity index (χ4n) is 2.98. The van der Waals surface area contributed by atoms with E-state index in [4.69, 9.17) is 9.47 Å². The molecule has 1 saturated heterocycles. The maximum absolute atomic E-state index is 12.2. The van der Waals surface area contributed by atoms with E-state index in [2.05, 4.69) is 0 Å². The molecule has 108 valence electrons. The highest BCUT2D eigenvalue weighted by molar-refractivity contribution is 7.90. The molecule has 20 heavy (non-hydrogen) atoms. The molecule has 0 N–H and O–H groups in total. The summed E-state index contributed by atoms with van der Waals surface area (Å²) in [6.07, 6.45) is 2.53. The van der Waals surface area contributed by atoms with Crippen molar-refractivity contribution in [3.8, 4) is 11.5 Å². The van der Waals surface area contributed by atoms with Crippen LogP contribution in [0.3, 0.4) is 0 Å². The summed E-state index contributed by atoms with van der Waals surface area (Å²) in [7, 11) is -3.04. The van der Waals surface area contributed by atoms with Gasteiger partial charge in [0, 0.05) is 13.1 Å². The van der Waals surface area contributed by atoms with Crippen molar-refractivity contribution in [2.24, 2.45) is 0 Å². The van der Waals surface area contributed by atoms with Crippen molar-refractivity contribution in [3.63, 3.8) is 0 Å².